The third-order valence-electron chi connectivity index (χ3n) is 4.68. The highest BCUT2D eigenvalue weighted by Gasteiger charge is 2.24. The molecule has 1 heterocycles. The van der Waals surface area contributed by atoms with E-state index in [0.29, 0.717) is 12.5 Å². The molecule has 1 saturated heterocycles. The van der Waals surface area contributed by atoms with Crippen LogP contribution in [0, 0.1) is 13.8 Å². The van der Waals surface area contributed by atoms with Crippen molar-refractivity contribution in [2.24, 2.45) is 10.7 Å². The lowest BCUT2D eigenvalue weighted by atomic mass is 10.0. The summed E-state index contributed by atoms with van der Waals surface area (Å²) in [6, 6.07) is 14.3. The molecule has 2 aromatic rings. The van der Waals surface area contributed by atoms with E-state index in [4.69, 9.17) is 22.1 Å². The molecule has 0 bridgehead atoms. The van der Waals surface area contributed by atoms with Crippen LogP contribution < -0.4 is 11.1 Å². The van der Waals surface area contributed by atoms with E-state index in [1.165, 1.54) is 11.1 Å². The van der Waals surface area contributed by atoms with Crippen molar-refractivity contribution in [2.75, 3.05) is 38.2 Å². The van der Waals surface area contributed by atoms with Crippen molar-refractivity contribution in [3.8, 4) is 0 Å². The molecule has 3 N–H and O–H groups in total. The first-order valence-electron chi connectivity index (χ1n) is 9.24. The highest BCUT2D eigenvalue weighted by atomic mass is 127. The Hall–Kier alpha value is -1.35. The van der Waals surface area contributed by atoms with Crippen LogP contribution in [0.25, 0.3) is 0 Å². The van der Waals surface area contributed by atoms with E-state index in [1.54, 1.807) is 0 Å². The van der Waals surface area contributed by atoms with E-state index in [9.17, 15) is 0 Å². The van der Waals surface area contributed by atoms with Gasteiger partial charge in [0.1, 0.15) is 0 Å². The normalized spacial score (nSPS) is 16.3. The van der Waals surface area contributed by atoms with Gasteiger partial charge in [-0.2, -0.15) is 0 Å². The molecule has 0 spiro atoms. The molecular formula is C21H28ClIN4O. The van der Waals surface area contributed by atoms with Gasteiger partial charge in [-0.25, -0.2) is 0 Å². The second kappa shape index (κ2) is 11.0. The van der Waals surface area contributed by atoms with E-state index in [-0.39, 0.29) is 30.0 Å². The second-order valence-corrected chi connectivity index (χ2v) is 7.32. The Labute approximate surface area is 189 Å². The van der Waals surface area contributed by atoms with Crippen LogP contribution in [0.2, 0.25) is 5.02 Å². The molecule has 152 valence electrons. The fourth-order valence-electron chi connectivity index (χ4n) is 3.46. The number of nitrogens with one attached hydrogen (secondary N) is 1. The fourth-order valence-corrected chi connectivity index (χ4v) is 3.73. The molecule has 28 heavy (non-hydrogen) atoms. The number of anilines is 1. The zero-order chi connectivity index (χ0) is 19.2. The van der Waals surface area contributed by atoms with Crippen LogP contribution in [0.4, 0.5) is 5.69 Å². The van der Waals surface area contributed by atoms with Gasteiger partial charge in [0.05, 0.1) is 25.8 Å². The first-order valence-corrected chi connectivity index (χ1v) is 9.62. The topological polar surface area (TPSA) is 62.9 Å². The number of morpholine rings is 1. The van der Waals surface area contributed by atoms with Crippen LogP contribution in [0.5, 0.6) is 0 Å². The average molecular weight is 515 g/mol. The Morgan fingerprint density at radius 3 is 2.46 bits per heavy atom. The number of hydrogen-bond acceptors (Lipinski definition) is 3. The molecule has 5 nitrogen and oxygen atoms in total. The molecule has 1 fully saturated rings. The quantitative estimate of drug-likeness (QED) is 0.353. The van der Waals surface area contributed by atoms with Crippen molar-refractivity contribution >= 4 is 47.2 Å². The standard InChI is InChI=1S/C21H27ClN4O.HI/c1-15-11-16(2)13-17(12-15)25-21(23)24-14-20(26-7-9-27-10-8-26)18-5-3-4-6-19(18)22;/h3-6,11-13,20H,7-10,14H2,1-2H3,(H3,23,24,25);1H. The Balaban J connectivity index is 0.00000280. The first-order chi connectivity index (χ1) is 13.0. The number of ether oxygens (including phenoxy) is 1. The van der Waals surface area contributed by atoms with Gasteiger partial charge in [-0.05, 0) is 48.7 Å². The number of nitrogens with zero attached hydrogens (tertiary/aromatic N) is 2. The summed E-state index contributed by atoms with van der Waals surface area (Å²) in [6.45, 7) is 7.83. The Morgan fingerprint density at radius 2 is 1.82 bits per heavy atom. The Morgan fingerprint density at radius 1 is 1.18 bits per heavy atom. The highest BCUT2D eigenvalue weighted by Crippen LogP contribution is 2.28. The van der Waals surface area contributed by atoms with Crippen molar-refractivity contribution in [2.45, 2.75) is 19.9 Å². The van der Waals surface area contributed by atoms with E-state index >= 15 is 0 Å². The smallest absolute Gasteiger partial charge is 0.193 e. The van der Waals surface area contributed by atoms with Gasteiger partial charge in [0.25, 0.3) is 0 Å². The summed E-state index contributed by atoms with van der Waals surface area (Å²) in [5.41, 5.74) is 10.6. The van der Waals surface area contributed by atoms with Crippen LogP contribution in [-0.2, 0) is 4.74 Å². The minimum absolute atomic E-state index is 0. The molecule has 0 aromatic heterocycles. The van der Waals surface area contributed by atoms with Gasteiger partial charge in [0.15, 0.2) is 5.96 Å². The molecule has 1 atom stereocenters. The molecule has 2 aromatic carbocycles. The fraction of sp³-hybridized carbons (Fsp3) is 0.381. The summed E-state index contributed by atoms with van der Waals surface area (Å²) in [5.74, 6) is 0.408. The van der Waals surface area contributed by atoms with Gasteiger partial charge in [-0.3, -0.25) is 9.89 Å². The first kappa shape index (κ1) is 22.9. The second-order valence-electron chi connectivity index (χ2n) is 6.91. The minimum atomic E-state index is 0. The van der Waals surface area contributed by atoms with E-state index in [1.807, 2.05) is 18.2 Å². The number of aryl methyl sites for hydroxylation is 2. The summed E-state index contributed by atoms with van der Waals surface area (Å²) in [5, 5.41) is 3.95. The molecule has 0 radical (unpaired) electrons. The summed E-state index contributed by atoms with van der Waals surface area (Å²) in [6.07, 6.45) is 0. The van der Waals surface area contributed by atoms with Crippen molar-refractivity contribution in [1.82, 2.24) is 4.90 Å². The highest BCUT2D eigenvalue weighted by molar-refractivity contribution is 14.0. The van der Waals surface area contributed by atoms with Gasteiger partial charge in [-0.1, -0.05) is 35.9 Å². The number of rotatable bonds is 5. The molecule has 1 aliphatic rings. The number of guanidine groups is 1. The number of benzene rings is 2. The lowest BCUT2D eigenvalue weighted by molar-refractivity contribution is 0.0180. The van der Waals surface area contributed by atoms with Gasteiger partial charge in [-0.15, -0.1) is 24.0 Å². The van der Waals surface area contributed by atoms with E-state index in [2.05, 4.69) is 53.3 Å². The molecule has 1 aliphatic heterocycles. The maximum atomic E-state index is 6.46. The minimum Gasteiger partial charge on any atom is -0.379 e. The SMILES string of the molecule is Cc1cc(C)cc(NC(N)=NCC(c2ccccc2Cl)N2CCOCC2)c1.I. The lowest BCUT2D eigenvalue weighted by Gasteiger charge is -2.34. The van der Waals surface area contributed by atoms with Crippen molar-refractivity contribution in [1.29, 1.82) is 0 Å². The number of aliphatic imine (C=N–C) groups is 1. The zero-order valence-electron chi connectivity index (χ0n) is 16.3. The Bertz CT molecular complexity index is 788. The molecule has 7 heteroatoms. The molecule has 3 rings (SSSR count). The molecule has 1 unspecified atom stereocenters. The summed E-state index contributed by atoms with van der Waals surface area (Å²) >= 11 is 6.46. The molecule has 0 aliphatic carbocycles. The number of nitrogens with two attached hydrogens (primary N) is 1. The largest absolute Gasteiger partial charge is 0.379 e. The van der Waals surface area contributed by atoms with E-state index < -0.39 is 0 Å². The lowest BCUT2D eigenvalue weighted by Crippen LogP contribution is -2.40. The van der Waals surface area contributed by atoms with Gasteiger partial charge in [0, 0.05) is 23.8 Å². The molecular weight excluding hydrogens is 487 g/mol. The Kier molecular flexibility index (Phi) is 9.01. The van der Waals surface area contributed by atoms with E-state index in [0.717, 1.165) is 42.6 Å². The maximum Gasteiger partial charge on any atom is 0.193 e. The van der Waals surface area contributed by atoms with Gasteiger partial charge < -0.3 is 15.8 Å². The molecule has 0 amide bonds. The number of halogens is 2. The van der Waals surface area contributed by atoms with Gasteiger partial charge in [0.2, 0.25) is 0 Å². The maximum absolute atomic E-state index is 6.46. The summed E-state index contributed by atoms with van der Waals surface area (Å²) < 4.78 is 5.50. The van der Waals surface area contributed by atoms with Crippen LogP contribution in [0.1, 0.15) is 22.7 Å². The zero-order valence-corrected chi connectivity index (χ0v) is 19.4. The predicted molar refractivity (Wildman–Crippen MR) is 128 cm³/mol. The van der Waals surface area contributed by atoms with Crippen LogP contribution in [-0.4, -0.2) is 43.7 Å². The third kappa shape index (κ3) is 6.34. The van der Waals surface area contributed by atoms with Crippen LogP contribution >= 0.6 is 35.6 Å². The van der Waals surface area contributed by atoms with Crippen LogP contribution in [0.15, 0.2) is 47.5 Å². The van der Waals surface area contributed by atoms with Crippen molar-refractivity contribution in [3.05, 3.63) is 64.2 Å². The number of hydrogen-bond donors (Lipinski definition) is 2. The summed E-state index contributed by atoms with van der Waals surface area (Å²) in [7, 11) is 0. The third-order valence-corrected chi connectivity index (χ3v) is 5.02. The van der Waals surface area contributed by atoms with Gasteiger partial charge >= 0.3 is 0 Å². The predicted octanol–water partition coefficient (Wildman–Crippen LogP) is 4.37. The van der Waals surface area contributed by atoms with Crippen molar-refractivity contribution < 1.29 is 4.74 Å². The molecule has 0 saturated carbocycles. The summed E-state index contributed by atoms with van der Waals surface area (Å²) in [4.78, 5) is 6.97. The monoisotopic (exact) mass is 514 g/mol. The van der Waals surface area contributed by atoms with Crippen LogP contribution in [0.3, 0.4) is 0 Å². The van der Waals surface area contributed by atoms with Crippen molar-refractivity contribution in [3.63, 3.8) is 0 Å². The average Bonchev–Trinajstić information content (AvgIpc) is 2.63.